The Morgan fingerprint density at radius 2 is 2.28 bits per heavy atom. The highest BCUT2D eigenvalue weighted by Crippen LogP contribution is 2.31. The second-order valence-electron chi connectivity index (χ2n) is 4.90. The van der Waals surface area contributed by atoms with Crippen molar-refractivity contribution in [2.45, 2.75) is 19.3 Å². The van der Waals surface area contributed by atoms with Gasteiger partial charge in [0.05, 0.1) is 0 Å². The third-order valence-electron chi connectivity index (χ3n) is 3.71. The summed E-state index contributed by atoms with van der Waals surface area (Å²) in [5, 5.41) is 14.6. The number of hydrogen-bond acceptors (Lipinski definition) is 2. The first-order valence-corrected chi connectivity index (χ1v) is 6.41. The van der Waals surface area contributed by atoms with Gasteiger partial charge in [0.15, 0.2) is 0 Å². The minimum atomic E-state index is -0.941. The summed E-state index contributed by atoms with van der Waals surface area (Å²) in [5.41, 5.74) is 2.65. The summed E-state index contributed by atoms with van der Waals surface area (Å²) >= 11 is 0. The van der Waals surface area contributed by atoms with Crippen LogP contribution in [0.1, 0.15) is 23.5 Å². The number of nitrogens with one attached hydrogen (secondary N) is 2. The van der Waals surface area contributed by atoms with Crippen LogP contribution in [0.4, 0.5) is 4.79 Å². The largest absolute Gasteiger partial charge is 0.465 e. The van der Waals surface area contributed by atoms with Crippen molar-refractivity contribution in [3.05, 3.63) is 35.4 Å². The van der Waals surface area contributed by atoms with Crippen LogP contribution in [0, 0.1) is 12.8 Å². The molecule has 0 radical (unpaired) electrons. The van der Waals surface area contributed by atoms with E-state index in [1.807, 2.05) is 6.07 Å². The lowest BCUT2D eigenvalue weighted by Crippen LogP contribution is -2.42. The van der Waals surface area contributed by atoms with E-state index in [2.05, 4.69) is 35.8 Å². The second kappa shape index (κ2) is 5.87. The van der Waals surface area contributed by atoms with E-state index in [1.54, 1.807) is 0 Å². The van der Waals surface area contributed by atoms with Crippen molar-refractivity contribution in [2.24, 2.45) is 5.92 Å². The molecule has 1 aliphatic rings. The smallest absolute Gasteiger partial charge is 0.404 e. The van der Waals surface area contributed by atoms with E-state index in [0.29, 0.717) is 18.4 Å². The van der Waals surface area contributed by atoms with Crippen LogP contribution in [-0.4, -0.2) is 30.8 Å². The zero-order valence-corrected chi connectivity index (χ0v) is 10.6. The zero-order chi connectivity index (χ0) is 13.0. The fourth-order valence-electron chi connectivity index (χ4n) is 2.77. The standard InChI is InChI=1S/C14H20N2O2/c1-10-4-2-3-5-12(10)13-6-7-15-8-11(13)9-16-14(17)18/h2-5,11,13,15-16H,6-9H2,1H3,(H,17,18). The molecule has 98 valence electrons. The van der Waals surface area contributed by atoms with Crippen LogP contribution >= 0.6 is 0 Å². The molecule has 1 fully saturated rings. The molecular weight excluding hydrogens is 228 g/mol. The van der Waals surface area contributed by atoms with Gasteiger partial charge in [-0.1, -0.05) is 24.3 Å². The van der Waals surface area contributed by atoms with Gasteiger partial charge in [-0.3, -0.25) is 0 Å². The first-order chi connectivity index (χ1) is 8.68. The van der Waals surface area contributed by atoms with Crippen molar-refractivity contribution in [3.8, 4) is 0 Å². The lowest BCUT2D eigenvalue weighted by atomic mass is 9.79. The van der Waals surface area contributed by atoms with Gasteiger partial charge in [-0.25, -0.2) is 4.79 Å². The Morgan fingerprint density at radius 1 is 1.50 bits per heavy atom. The topological polar surface area (TPSA) is 61.4 Å². The highest BCUT2D eigenvalue weighted by Gasteiger charge is 2.27. The predicted octanol–water partition coefficient (Wildman–Crippen LogP) is 1.96. The molecule has 2 unspecified atom stereocenters. The number of aryl methyl sites for hydroxylation is 1. The third-order valence-corrected chi connectivity index (χ3v) is 3.71. The summed E-state index contributed by atoms with van der Waals surface area (Å²) in [5.74, 6) is 0.773. The minimum absolute atomic E-state index is 0.330. The van der Waals surface area contributed by atoms with Crippen LogP contribution < -0.4 is 10.6 Å². The monoisotopic (exact) mass is 248 g/mol. The number of hydrogen-bond donors (Lipinski definition) is 3. The predicted molar refractivity (Wildman–Crippen MR) is 70.9 cm³/mol. The number of carboxylic acid groups (broad SMARTS) is 1. The molecule has 0 bridgehead atoms. The summed E-state index contributed by atoms with van der Waals surface area (Å²) in [7, 11) is 0. The SMILES string of the molecule is Cc1ccccc1C1CCNCC1CNC(=O)O. The van der Waals surface area contributed by atoms with Crippen molar-refractivity contribution in [1.82, 2.24) is 10.6 Å². The maximum absolute atomic E-state index is 10.6. The van der Waals surface area contributed by atoms with E-state index in [0.717, 1.165) is 19.5 Å². The van der Waals surface area contributed by atoms with Gasteiger partial charge in [0.1, 0.15) is 0 Å². The number of benzene rings is 1. The molecule has 1 amide bonds. The Bertz CT molecular complexity index is 420. The molecule has 18 heavy (non-hydrogen) atoms. The van der Waals surface area contributed by atoms with Crippen molar-refractivity contribution in [2.75, 3.05) is 19.6 Å². The Kier molecular flexibility index (Phi) is 4.20. The highest BCUT2D eigenvalue weighted by molar-refractivity contribution is 5.64. The van der Waals surface area contributed by atoms with Crippen LogP contribution in [-0.2, 0) is 0 Å². The van der Waals surface area contributed by atoms with Gasteiger partial charge in [-0.05, 0) is 42.9 Å². The van der Waals surface area contributed by atoms with Crippen LogP contribution in [0.15, 0.2) is 24.3 Å². The summed E-state index contributed by atoms with van der Waals surface area (Å²) in [6.07, 6.45) is 0.126. The van der Waals surface area contributed by atoms with Crippen LogP contribution in [0.3, 0.4) is 0 Å². The normalized spacial score (nSPS) is 23.6. The molecule has 3 N–H and O–H groups in total. The summed E-state index contributed by atoms with van der Waals surface area (Å²) in [4.78, 5) is 10.6. The van der Waals surface area contributed by atoms with E-state index in [9.17, 15) is 4.79 Å². The van der Waals surface area contributed by atoms with Gasteiger partial charge in [0.2, 0.25) is 0 Å². The molecule has 1 heterocycles. The van der Waals surface area contributed by atoms with Gasteiger partial charge >= 0.3 is 6.09 Å². The maximum atomic E-state index is 10.6. The number of carbonyl (C=O) groups is 1. The summed E-state index contributed by atoms with van der Waals surface area (Å²) in [6.45, 7) is 4.52. The lowest BCUT2D eigenvalue weighted by Gasteiger charge is -2.33. The van der Waals surface area contributed by atoms with Gasteiger partial charge in [0, 0.05) is 13.1 Å². The molecule has 0 spiro atoms. The molecule has 2 atom stereocenters. The molecular formula is C14H20N2O2. The quantitative estimate of drug-likeness (QED) is 0.766. The molecule has 4 heteroatoms. The highest BCUT2D eigenvalue weighted by atomic mass is 16.4. The fraction of sp³-hybridized carbons (Fsp3) is 0.500. The fourth-order valence-corrected chi connectivity index (χ4v) is 2.77. The van der Waals surface area contributed by atoms with Crippen LogP contribution in [0.5, 0.6) is 0 Å². The molecule has 0 aliphatic carbocycles. The summed E-state index contributed by atoms with van der Waals surface area (Å²) in [6, 6.07) is 8.40. The third kappa shape index (κ3) is 3.01. The average molecular weight is 248 g/mol. The number of rotatable bonds is 3. The van der Waals surface area contributed by atoms with E-state index in [-0.39, 0.29) is 0 Å². The van der Waals surface area contributed by atoms with Crippen LogP contribution in [0.25, 0.3) is 0 Å². The van der Waals surface area contributed by atoms with Crippen LogP contribution in [0.2, 0.25) is 0 Å². The minimum Gasteiger partial charge on any atom is -0.465 e. The van der Waals surface area contributed by atoms with E-state index >= 15 is 0 Å². The molecule has 1 aromatic rings. The summed E-state index contributed by atoms with van der Waals surface area (Å²) < 4.78 is 0. The average Bonchev–Trinajstić information content (AvgIpc) is 2.37. The lowest BCUT2D eigenvalue weighted by molar-refractivity contribution is 0.189. The zero-order valence-electron chi connectivity index (χ0n) is 10.6. The van der Waals surface area contributed by atoms with Crippen molar-refractivity contribution in [3.63, 3.8) is 0 Å². The van der Waals surface area contributed by atoms with Gasteiger partial charge in [0.25, 0.3) is 0 Å². The van der Waals surface area contributed by atoms with Gasteiger partial charge in [-0.15, -0.1) is 0 Å². The molecule has 4 nitrogen and oxygen atoms in total. The number of amides is 1. The molecule has 2 rings (SSSR count). The Hall–Kier alpha value is -1.55. The molecule has 1 saturated heterocycles. The first-order valence-electron chi connectivity index (χ1n) is 6.41. The maximum Gasteiger partial charge on any atom is 0.404 e. The Labute approximate surface area is 107 Å². The Balaban J connectivity index is 2.12. The van der Waals surface area contributed by atoms with E-state index in [1.165, 1.54) is 11.1 Å². The van der Waals surface area contributed by atoms with Gasteiger partial charge < -0.3 is 15.7 Å². The van der Waals surface area contributed by atoms with Crippen molar-refractivity contribution < 1.29 is 9.90 Å². The molecule has 1 aromatic carbocycles. The van der Waals surface area contributed by atoms with Crippen molar-refractivity contribution >= 4 is 6.09 Å². The van der Waals surface area contributed by atoms with E-state index < -0.39 is 6.09 Å². The molecule has 0 saturated carbocycles. The Morgan fingerprint density at radius 3 is 3.00 bits per heavy atom. The molecule has 1 aliphatic heterocycles. The van der Waals surface area contributed by atoms with E-state index in [4.69, 9.17) is 5.11 Å². The van der Waals surface area contributed by atoms with Crippen molar-refractivity contribution in [1.29, 1.82) is 0 Å². The second-order valence-corrected chi connectivity index (χ2v) is 4.90. The van der Waals surface area contributed by atoms with Gasteiger partial charge in [-0.2, -0.15) is 0 Å². The molecule has 0 aromatic heterocycles. The number of piperidine rings is 1. The first kappa shape index (κ1) is 12.9.